The second-order valence-corrected chi connectivity index (χ2v) is 3.65. The maximum atomic E-state index is 3.78. The van der Waals surface area contributed by atoms with Crippen LogP contribution in [0.5, 0.6) is 0 Å². The summed E-state index contributed by atoms with van der Waals surface area (Å²) in [5.41, 5.74) is 2.73. The Morgan fingerprint density at radius 2 is 2.23 bits per heavy atom. The van der Waals surface area contributed by atoms with Crippen molar-refractivity contribution in [2.45, 2.75) is 25.3 Å². The molecule has 1 nitrogen and oxygen atoms in total. The summed E-state index contributed by atoms with van der Waals surface area (Å²) in [6.07, 6.45) is 3.02. The van der Waals surface area contributed by atoms with E-state index in [0.717, 1.165) is 6.42 Å². The Kier molecular flexibility index (Phi) is 2.09. The van der Waals surface area contributed by atoms with Gasteiger partial charge in [0.2, 0.25) is 0 Å². The molecule has 1 aromatic carbocycles. The first-order chi connectivity index (χ1) is 6.33. The van der Waals surface area contributed by atoms with Crippen molar-refractivity contribution in [2.24, 2.45) is 0 Å². The summed E-state index contributed by atoms with van der Waals surface area (Å²) in [7, 11) is 0. The molecular formula is C12H15N. The molecule has 0 saturated heterocycles. The van der Waals surface area contributed by atoms with Crippen LogP contribution in [0, 0.1) is 0 Å². The number of para-hydroxylation sites is 1. The molecule has 0 bridgehead atoms. The molecule has 2 rings (SSSR count). The van der Waals surface area contributed by atoms with Crippen LogP contribution < -0.4 is 5.32 Å². The second-order valence-electron chi connectivity index (χ2n) is 3.65. The van der Waals surface area contributed by atoms with Crippen LogP contribution in [0.4, 0.5) is 5.69 Å². The van der Waals surface area contributed by atoms with Crippen molar-refractivity contribution in [3.05, 3.63) is 42.5 Å². The molecule has 1 aromatic rings. The summed E-state index contributed by atoms with van der Waals surface area (Å²) in [4.78, 5) is 0. The van der Waals surface area contributed by atoms with E-state index in [1.165, 1.54) is 11.3 Å². The van der Waals surface area contributed by atoms with E-state index in [1.807, 2.05) is 6.08 Å². The standard InChI is InChI=1S/C12H15N/c1-3-6-11-9(2)10-7-4-5-8-12(10)13-11/h3-5,7-9,11,13H,1,6H2,2H3/t9-,11+/m1/s1. The molecular weight excluding hydrogens is 158 g/mol. The average molecular weight is 173 g/mol. The van der Waals surface area contributed by atoms with Gasteiger partial charge in [-0.15, -0.1) is 6.58 Å². The van der Waals surface area contributed by atoms with Crippen LogP contribution >= 0.6 is 0 Å². The normalized spacial score (nSPS) is 25.0. The minimum absolute atomic E-state index is 0.537. The molecule has 0 unspecified atom stereocenters. The lowest BCUT2D eigenvalue weighted by atomic mass is 9.95. The van der Waals surface area contributed by atoms with Crippen LogP contribution in [0.1, 0.15) is 24.8 Å². The lowest BCUT2D eigenvalue weighted by Gasteiger charge is -2.13. The summed E-state index contributed by atoms with van der Waals surface area (Å²) >= 11 is 0. The van der Waals surface area contributed by atoms with Crippen LogP contribution in [-0.4, -0.2) is 6.04 Å². The van der Waals surface area contributed by atoms with Crippen molar-refractivity contribution in [2.75, 3.05) is 5.32 Å². The van der Waals surface area contributed by atoms with Crippen molar-refractivity contribution < 1.29 is 0 Å². The predicted octanol–water partition coefficient (Wildman–Crippen LogP) is 3.16. The van der Waals surface area contributed by atoms with E-state index in [4.69, 9.17) is 0 Å². The minimum atomic E-state index is 0.537. The molecule has 2 atom stereocenters. The van der Waals surface area contributed by atoms with E-state index in [1.54, 1.807) is 0 Å². The average Bonchev–Trinajstić information content (AvgIpc) is 2.46. The summed E-state index contributed by atoms with van der Waals surface area (Å²) in [6, 6.07) is 9.07. The highest BCUT2D eigenvalue weighted by molar-refractivity contribution is 5.59. The number of rotatable bonds is 2. The van der Waals surface area contributed by atoms with Gasteiger partial charge in [-0.25, -0.2) is 0 Å². The number of nitrogens with one attached hydrogen (secondary N) is 1. The van der Waals surface area contributed by atoms with E-state index in [-0.39, 0.29) is 0 Å². The summed E-state index contributed by atoms with van der Waals surface area (Å²) in [5.74, 6) is 0.606. The number of fused-ring (bicyclic) bond motifs is 1. The van der Waals surface area contributed by atoms with Gasteiger partial charge in [-0.3, -0.25) is 0 Å². The third-order valence-electron chi connectivity index (χ3n) is 2.82. The molecule has 0 amide bonds. The first-order valence-electron chi connectivity index (χ1n) is 4.79. The van der Waals surface area contributed by atoms with Gasteiger partial charge in [0.15, 0.2) is 0 Å². The first kappa shape index (κ1) is 8.36. The molecule has 1 N–H and O–H groups in total. The van der Waals surface area contributed by atoms with Gasteiger partial charge < -0.3 is 5.32 Å². The highest BCUT2D eigenvalue weighted by Crippen LogP contribution is 2.36. The number of benzene rings is 1. The third kappa shape index (κ3) is 1.35. The Morgan fingerprint density at radius 1 is 1.46 bits per heavy atom. The van der Waals surface area contributed by atoms with Gasteiger partial charge in [-0.05, 0) is 18.1 Å². The van der Waals surface area contributed by atoms with E-state index < -0.39 is 0 Å². The molecule has 0 saturated carbocycles. The molecule has 1 aliphatic heterocycles. The summed E-state index contributed by atoms with van der Waals surface area (Å²) in [6.45, 7) is 6.05. The lowest BCUT2D eigenvalue weighted by molar-refractivity contribution is 0.645. The third-order valence-corrected chi connectivity index (χ3v) is 2.82. The zero-order valence-corrected chi connectivity index (χ0v) is 7.96. The van der Waals surface area contributed by atoms with Gasteiger partial charge in [0.1, 0.15) is 0 Å². The van der Waals surface area contributed by atoms with Crippen molar-refractivity contribution >= 4 is 5.69 Å². The number of hydrogen-bond donors (Lipinski definition) is 1. The number of anilines is 1. The van der Waals surface area contributed by atoms with E-state index in [9.17, 15) is 0 Å². The Labute approximate surface area is 79.5 Å². The van der Waals surface area contributed by atoms with Crippen LogP contribution in [0.2, 0.25) is 0 Å². The smallest absolute Gasteiger partial charge is 0.0378 e. The van der Waals surface area contributed by atoms with E-state index in [2.05, 4.69) is 43.1 Å². The van der Waals surface area contributed by atoms with Gasteiger partial charge in [-0.2, -0.15) is 0 Å². The maximum Gasteiger partial charge on any atom is 0.0378 e. The molecule has 1 heterocycles. The largest absolute Gasteiger partial charge is 0.381 e. The lowest BCUT2D eigenvalue weighted by Crippen LogP contribution is -2.17. The van der Waals surface area contributed by atoms with Crippen LogP contribution in [0.25, 0.3) is 0 Å². The van der Waals surface area contributed by atoms with Crippen molar-refractivity contribution in [1.82, 2.24) is 0 Å². The Bertz CT molecular complexity index is 317. The fourth-order valence-corrected chi connectivity index (χ4v) is 2.01. The highest BCUT2D eigenvalue weighted by atomic mass is 15.0. The first-order valence-corrected chi connectivity index (χ1v) is 4.79. The Balaban J connectivity index is 2.27. The number of hydrogen-bond acceptors (Lipinski definition) is 1. The van der Waals surface area contributed by atoms with Gasteiger partial charge in [0.05, 0.1) is 0 Å². The van der Waals surface area contributed by atoms with Gasteiger partial charge in [-0.1, -0.05) is 31.2 Å². The molecule has 13 heavy (non-hydrogen) atoms. The topological polar surface area (TPSA) is 12.0 Å². The Hall–Kier alpha value is -1.24. The molecule has 1 heteroatoms. The molecule has 1 aliphatic rings. The molecule has 0 spiro atoms. The fraction of sp³-hybridized carbons (Fsp3) is 0.333. The predicted molar refractivity (Wildman–Crippen MR) is 57.1 cm³/mol. The van der Waals surface area contributed by atoms with Crippen LogP contribution in [0.15, 0.2) is 36.9 Å². The molecule has 0 fully saturated rings. The molecule has 0 radical (unpaired) electrons. The van der Waals surface area contributed by atoms with Gasteiger partial charge in [0.25, 0.3) is 0 Å². The fourth-order valence-electron chi connectivity index (χ4n) is 2.01. The van der Waals surface area contributed by atoms with Crippen LogP contribution in [0.3, 0.4) is 0 Å². The highest BCUT2D eigenvalue weighted by Gasteiger charge is 2.26. The quantitative estimate of drug-likeness (QED) is 0.677. The minimum Gasteiger partial charge on any atom is -0.381 e. The maximum absolute atomic E-state index is 3.78. The van der Waals surface area contributed by atoms with Gasteiger partial charge in [0, 0.05) is 17.6 Å². The Morgan fingerprint density at radius 3 is 2.92 bits per heavy atom. The van der Waals surface area contributed by atoms with E-state index in [0.29, 0.717) is 12.0 Å². The summed E-state index contributed by atoms with van der Waals surface area (Å²) in [5, 5.41) is 3.51. The summed E-state index contributed by atoms with van der Waals surface area (Å²) < 4.78 is 0. The molecule has 0 aliphatic carbocycles. The van der Waals surface area contributed by atoms with Crippen molar-refractivity contribution in [1.29, 1.82) is 0 Å². The monoisotopic (exact) mass is 173 g/mol. The van der Waals surface area contributed by atoms with Crippen molar-refractivity contribution in [3.8, 4) is 0 Å². The van der Waals surface area contributed by atoms with Crippen LogP contribution in [-0.2, 0) is 0 Å². The zero-order chi connectivity index (χ0) is 9.26. The molecule has 0 aromatic heterocycles. The SMILES string of the molecule is C=CC[C@@H]1Nc2ccccc2[C@H]1C. The molecule has 68 valence electrons. The second kappa shape index (κ2) is 3.25. The van der Waals surface area contributed by atoms with E-state index >= 15 is 0 Å². The zero-order valence-electron chi connectivity index (χ0n) is 7.96. The van der Waals surface area contributed by atoms with Gasteiger partial charge >= 0.3 is 0 Å². The van der Waals surface area contributed by atoms with Crippen molar-refractivity contribution in [3.63, 3.8) is 0 Å².